The molecule has 0 spiro atoms. The van der Waals surface area contributed by atoms with Gasteiger partial charge in [0.25, 0.3) is 5.56 Å². The number of allylic oxidation sites excluding steroid dienone is 1. The number of pyridine rings is 1. The van der Waals surface area contributed by atoms with E-state index in [2.05, 4.69) is 20.3 Å². The molecule has 1 unspecified atom stereocenters. The van der Waals surface area contributed by atoms with Gasteiger partial charge in [-0.05, 0) is 59.9 Å². The van der Waals surface area contributed by atoms with E-state index < -0.39 is 0 Å². The van der Waals surface area contributed by atoms with Gasteiger partial charge in [-0.25, -0.2) is 4.98 Å². The number of halogens is 1. The molecule has 2 N–H and O–H groups in total. The number of hydrogen-bond acceptors (Lipinski definition) is 7. The third-order valence-corrected chi connectivity index (χ3v) is 7.36. The number of aromatic amines is 1. The van der Waals surface area contributed by atoms with E-state index in [1.54, 1.807) is 31.5 Å². The van der Waals surface area contributed by atoms with Gasteiger partial charge in [0.2, 0.25) is 0 Å². The molecule has 1 atom stereocenters. The highest BCUT2D eigenvalue weighted by molar-refractivity contribution is 7.98. The SMILES string of the molecule is COc1cc(C2C=C(c3ccccc3)Nc3nc(SC)[nH]c(=O)c32)ccc1Oc1ccnc2cc(Cl)ccc12. The highest BCUT2D eigenvalue weighted by atomic mass is 35.5. The molecule has 39 heavy (non-hydrogen) atoms. The van der Waals surface area contributed by atoms with E-state index in [0.717, 1.165) is 27.7 Å². The number of methoxy groups -OCH3 is 1. The van der Waals surface area contributed by atoms with Gasteiger partial charge in [-0.3, -0.25) is 9.78 Å². The van der Waals surface area contributed by atoms with Crippen LogP contribution in [0.1, 0.15) is 22.6 Å². The molecule has 194 valence electrons. The summed E-state index contributed by atoms with van der Waals surface area (Å²) in [7, 11) is 1.59. The van der Waals surface area contributed by atoms with Crippen molar-refractivity contribution in [2.45, 2.75) is 11.1 Å². The minimum atomic E-state index is -0.365. The zero-order valence-electron chi connectivity index (χ0n) is 21.1. The summed E-state index contributed by atoms with van der Waals surface area (Å²) in [5.74, 6) is 1.87. The molecular weight excluding hydrogens is 532 g/mol. The van der Waals surface area contributed by atoms with Crippen LogP contribution in [0.15, 0.2) is 95.0 Å². The number of ether oxygens (including phenoxy) is 2. The number of H-pyrrole nitrogens is 1. The molecule has 6 rings (SSSR count). The van der Waals surface area contributed by atoms with Crippen LogP contribution in [0.2, 0.25) is 5.02 Å². The van der Waals surface area contributed by atoms with Gasteiger partial charge in [0, 0.05) is 28.2 Å². The Kier molecular flexibility index (Phi) is 6.72. The van der Waals surface area contributed by atoms with Crippen LogP contribution in [0, 0.1) is 0 Å². The molecule has 2 aromatic heterocycles. The first-order valence-electron chi connectivity index (χ1n) is 12.2. The van der Waals surface area contributed by atoms with Gasteiger partial charge in [0.1, 0.15) is 11.6 Å². The molecule has 0 bridgehead atoms. The van der Waals surface area contributed by atoms with Crippen molar-refractivity contribution in [3.8, 4) is 17.2 Å². The maximum Gasteiger partial charge on any atom is 0.257 e. The van der Waals surface area contributed by atoms with E-state index in [9.17, 15) is 4.79 Å². The number of thioether (sulfide) groups is 1. The Morgan fingerprint density at radius 1 is 0.974 bits per heavy atom. The van der Waals surface area contributed by atoms with Gasteiger partial charge in [-0.2, -0.15) is 0 Å². The Bertz CT molecular complexity index is 1790. The Hall–Kier alpha value is -4.27. The van der Waals surface area contributed by atoms with Gasteiger partial charge in [0.15, 0.2) is 16.7 Å². The second-order valence-corrected chi connectivity index (χ2v) is 10.1. The van der Waals surface area contributed by atoms with Crippen LogP contribution < -0.4 is 20.3 Å². The lowest BCUT2D eigenvalue weighted by Gasteiger charge is -2.26. The number of aromatic nitrogens is 3. The second-order valence-electron chi connectivity index (χ2n) is 8.87. The third kappa shape index (κ3) is 4.84. The van der Waals surface area contributed by atoms with Crippen molar-refractivity contribution in [3.63, 3.8) is 0 Å². The van der Waals surface area contributed by atoms with E-state index in [1.807, 2.05) is 66.9 Å². The monoisotopic (exact) mass is 554 g/mol. The fourth-order valence-electron chi connectivity index (χ4n) is 4.67. The first-order valence-corrected chi connectivity index (χ1v) is 13.8. The van der Waals surface area contributed by atoms with E-state index in [0.29, 0.717) is 38.8 Å². The lowest BCUT2D eigenvalue weighted by molar-refractivity contribution is 0.379. The number of nitrogens with zero attached hydrogens (tertiary/aromatic N) is 2. The molecule has 0 radical (unpaired) electrons. The maximum absolute atomic E-state index is 13.2. The first-order chi connectivity index (χ1) is 19.0. The largest absolute Gasteiger partial charge is 0.493 e. The zero-order chi connectivity index (χ0) is 26.9. The van der Waals surface area contributed by atoms with Crippen molar-refractivity contribution in [1.82, 2.24) is 15.0 Å². The van der Waals surface area contributed by atoms with Crippen LogP contribution in [0.25, 0.3) is 16.6 Å². The smallest absolute Gasteiger partial charge is 0.257 e. The van der Waals surface area contributed by atoms with Crippen molar-refractivity contribution in [2.75, 3.05) is 18.7 Å². The fraction of sp³-hybridized carbons (Fsp3) is 0.100. The summed E-state index contributed by atoms with van der Waals surface area (Å²) in [6.45, 7) is 0. The Morgan fingerprint density at radius 2 is 1.82 bits per heavy atom. The van der Waals surface area contributed by atoms with Crippen LogP contribution in [0.3, 0.4) is 0 Å². The maximum atomic E-state index is 13.2. The Morgan fingerprint density at radius 3 is 2.62 bits per heavy atom. The summed E-state index contributed by atoms with van der Waals surface area (Å²) in [5.41, 5.74) is 3.83. The lowest BCUT2D eigenvalue weighted by Crippen LogP contribution is -2.25. The minimum absolute atomic E-state index is 0.188. The summed E-state index contributed by atoms with van der Waals surface area (Å²) in [6, 6.07) is 22.9. The average Bonchev–Trinajstić information content (AvgIpc) is 2.97. The van der Waals surface area contributed by atoms with E-state index in [-0.39, 0.29) is 11.5 Å². The van der Waals surface area contributed by atoms with Crippen molar-refractivity contribution >= 4 is 45.8 Å². The summed E-state index contributed by atoms with van der Waals surface area (Å²) < 4.78 is 12.0. The highest BCUT2D eigenvalue weighted by Gasteiger charge is 2.28. The van der Waals surface area contributed by atoms with Crippen LogP contribution in [-0.4, -0.2) is 28.3 Å². The van der Waals surface area contributed by atoms with E-state index >= 15 is 0 Å². The molecule has 0 aliphatic carbocycles. The van der Waals surface area contributed by atoms with Gasteiger partial charge in [-0.15, -0.1) is 0 Å². The number of fused-ring (bicyclic) bond motifs is 2. The summed E-state index contributed by atoms with van der Waals surface area (Å²) in [4.78, 5) is 25.2. The van der Waals surface area contributed by atoms with Crippen molar-refractivity contribution in [2.24, 2.45) is 0 Å². The molecule has 5 aromatic rings. The topological polar surface area (TPSA) is 89.1 Å². The molecule has 0 saturated heterocycles. The molecule has 0 fully saturated rings. The zero-order valence-corrected chi connectivity index (χ0v) is 22.6. The van der Waals surface area contributed by atoms with Crippen LogP contribution in [-0.2, 0) is 0 Å². The number of benzene rings is 3. The van der Waals surface area contributed by atoms with E-state index in [4.69, 9.17) is 21.1 Å². The summed E-state index contributed by atoms with van der Waals surface area (Å²) in [5, 5.41) is 5.35. The average molecular weight is 555 g/mol. The van der Waals surface area contributed by atoms with Crippen molar-refractivity contribution in [1.29, 1.82) is 0 Å². The second kappa shape index (κ2) is 10.5. The summed E-state index contributed by atoms with van der Waals surface area (Å²) in [6.07, 6.45) is 5.60. The fourth-order valence-corrected chi connectivity index (χ4v) is 5.22. The molecule has 0 saturated carbocycles. The predicted octanol–water partition coefficient (Wildman–Crippen LogP) is 7.09. The quantitative estimate of drug-likeness (QED) is 0.171. The lowest BCUT2D eigenvalue weighted by atomic mass is 9.88. The van der Waals surface area contributed by atoms with E-state index in [1.165, 1.54) is 11.8 Å². The number of nitrogens with one attached hydrogen (secondary N) is 2. The Labute approximate surface area is 233 Å². The first kappa shape index (κ1) is 25.0. The van der Waals surface area contributed by atoms with Crippen LogP contribution >= 0.6 is 23.4 Å². The third-order valence-electron chi connectivity index (χ3n) is 6.54. The van der Waals surface area contributed by atoms with Crippen LogP contribution in [0.5, 0.6) is 17.2 Å². The molecule has 1 aliphatic heterocycles. The predicted molar refractivity (Wildman–Crippen MR) is 156 cm³/mol. The van der Waals surface area contributed by atoms with Crippen molar-refractivity contribution < 1.29 is 9.47 Å². The molecule has 1 aliphatic rings. The standard InChI is InChI=1S/C30H23ClN4O3S/c1-37-26-14-18(8-11-25(26)38-24-12-13-32-23-15-19(31)9-10-20(23)24)21-16-22(17-6-4-3-5-7-17)33-28-27(21)29(36)35-30(34-28)39-2/h3-16,21H,1-2H3,(H2,33,34,35,36). The molecule has 3 heterocycles. The highest BCUT2D eigenvalue weighted by Crippen LogP contribution is 2.41. The minimum Gasteiger partial charge on any atom is -0.493 e. The number of anilines is 1. The Balaban J connectivity index is 1.44. The molecule has 9 heteroatoms. The van der Waals surface area contributed by atoms with Crippen molar-refractivity contribution in [3.05, 3.63) is 117 Å². The molecule has 7 nitrogen and oxygen atoms in total. The van der Waals surface area contributed by atoms with Gasteiger partial charge < -0.3 is 19.8 Å². The normalized spacial score (nSPS) is 14.3. The summed E-state index contributed by atoms with van der Waals surface area (Å²) >= 11 is 7.53. The number of rotatable bonds is 6. The molecule has 3 aromatic carbocycles. The van der Waals surface area contributed by atoms with Gasteiger partial charge >= 0.3 is 0 Å². The van der Waals surface area contributed by atoms with Gasteiger partial charge in [0.05, 0.1) is 18.2 Å². The molecular formula is C30H23ClN4O3S. The van der Waals surface area contributed by atoms with Gasteiger partial charge in [-0.1, -0.05) is 59.8 Å². The molecule has 0 amide bonds. The number of hydrogen-bond donors (Lipinski definition) is 2. The van der Waals surface area contributed by atoms with Crippen LogP contribution in [0.4, 0.5) is 5.82 Å².